The molecule has 0 atom stereocenters. The fourth-order valence-electron chi connectivity index (χ4n) is 1.01. The number of carboxylic acids is 1. The van der Waals surface area contributed by atoms with Crippen LogP contribution < -0.4 is 4.74 Å². The van der Waals surface area contributed by atoms with Crippen molar-refractivity contribution in [2.24, 2.45) is 0 Å². The van der Waals surface area contributed by atoms with E-state index in [0.29, 0.717) is 10.8 Å². The van der Waals surface area contributed by atoms with Crippen LogP contribution in [-0.2, 0) is 0 Å². The molecule has 2 aromatic rings. The molecule has 0 amide bonds. The SMILES string of the molecule is O=C(O)c1sc(Oc2cncc(Cl)c2)nc1Cl. The van der Waals surface area contributed by atoms with E-state index in [4.69, 9.17) is 33.0 Å². The normalized spacial score (nSPS) is 10.2. The van der Waals surface area contributed by atoms with E-state index >= 15 is 0 Å². The minimum atomic E-state index is -1.15. The molecule has 0 unspecified atom stereocenters. The maximum atomic E-state index is 10.7. The zero-order valence-corrected chi connectivity index (χ0v) is 10.4. The number of halogens is 2. The molecule has 1 N–H and O–H groups in total. The number of hydrogen-bond acceptors (Lipinski definition) is 5. The van der Waals surface area contributed by atoms with Gasteiger partial charge < -0.3 is 9.84 Å². The molecule has 2 heterocycles. The second kappa shape index (κ2) is 4.87. The van der Waals surface area contributed by atoms with Gasteiger partial charge in [0.05, 0.1) is 11.2 Å². The van der Waals surface area contributed by atoms with Crippen molar-refractivity contribution < 1.29 is 14.6 Å². The van der Waals surface area contributed by atoms with Gasteiger partial charge in [-0.15, -0.1) is 0 Å². The molecule has 88 valence electrons. The smallest absolute Gasteiger partial charge is 0.349 e. The first-order chi connectivity index (χ1) is 8.06. The number of carbonyl (C=O) groups is 1. The molecule has 2 aromatic heterocycles. The van der Waals surface area contributed by atoms with Crippen LogP contribution in [0.15, 0.2) is 18.5 Å². The predicted octanol–water partition coefficient (Wildman–Crippen LogP) is 3.34. The molecule has 0 bridgehead atoms. The van der Waals surface area contributed by atoms with Gasteiger partial charge in [0.2, 0.25) is 0 Å². The highest BCUT2D eigenvalue weighted by Crippen LogP contribution is 2.32. The molecular weight excluding hydrogens is 287 g/mol. The number of aromatic nitrogens is 2. The highest BCUT2D eigenvalue weighted by molar-refractivity contribution is 7.15. The van der Waals surface area contributed by atoms with Crippen molar-refractivity contribution in [1.82, 2.24) is 9.97 Å². The summed E-state index contributed by atoms with van der Waals surface area (Å²) in [7, 11) is 0. The third kappa shape index (κ3) is 2.85. The average Bonchev–Trinajstić information content (AvgIpc) is 2.59. The molecule has 0 aromatic carbocycles. The van der Waals surface area contributed by atoms with Crippen molar-refractivity contribution in [2.75, 3.05) is 0 Å². The largest absolute Gasteiger partial charge is 0.477 e. The standard InChI is InChI=1S/C9H4Cl2N2O3S/c10-4-1-5(3-12-2-4)16-9-13-7(11)6(17-9)8(14)15/h1-3H,(H,14,15). The Morgan fingerprint density at radius 2 is 2.18 bits per heavy atom. The summed E-state index contributed by atoms with van der Waals surface area (Å²) < 4.78 is 5.28. The van der Waals surface area contributed by atoms with Crippen molar-refractivity contribution >= 4 is 40.5 Å². The molecule has 0 radical (unpaired) electrons. The van der Waals surface area contributed by atoms with E-state index in [0.717, 1.165) is 11.3 Å². The quantitative estimate of drug-likeness (QED) is 0.939. The summed E-state index contributed by atoms with van der Waals surface area (Å²) in [6, 6.07) is 1.53. The van der Waals surface area contributed by atoms with Crippen LogP contribution in [0.4, 0.5) is 0 Å². The summed E-state index contributed by atoms with van der Waals surface area (Å²) in [6.45, 7) is 0. The van der Waals surface area contributed by atoms with Crippen molar-refractivity contribution in [3.05, 3.63) is 33.5 Å². The molecule has 5 nitrogen and oxygen atoms in total. The second-order valence-corrected chi connectivity index (χ2v) is 4.60. The van der Waals surface area contributed by atoms with E-state index in [1.165, 1.54) is 18.5 Å². The summed E-state index contributed by atoms with van der Waals surface area (Å²) >= 11 is 12.2. The number of nitrogens with zero attached hydrogens (tertiary/aromatic N) is 2. The number of rotatable bonds is 3. The lowest BCUT2D eigenvalue weighted by atomic mass is 10.5. The fourth-order valence-corrected chi connectivity index (χ4v) is 2.16. The van der Waals surface area contributed by atoms with Crippen molar-refractivity contribution in [2.45, 2.75) is 0 Å². The van der Waals surface area contributed by atoms with Gasteiger partial charge >= 0.3 is 5.97 Å². The molecular formula is C9H4Cl2N2O3S. The Labute approximate surface area is 110 Å². The second-order valence-electron chi connectivity index (χ2n) is 2.85. The van der Waals surface area contributed by atoms with Gasteiger partial charge in [-0.3, -0.25) is 4.98 Å². The van der Waals surface area contributed by atoms with Crippen LogP contribution in [0.25, 0.3) is 0 Å². The molecule has 2 rings (SSSR count). The van der Waals surface area contributed by atoms with E-state index < -0.39 is 5.97 Å². The topological polar surface area (TPSA) is 72.3 Å². The number of aromatic carboxylic acids is 1. The van der Waals surface area contributed by atoms with Gasteiger partial charge in [0.1, 0.15) is 5.75 Å². The fraction of sp³-hybridized carbons (Fsp3) is 0. The highest BCUT2D eigenvalue weighted by atomic mass is 35.5. The summed E-state index contributed by atoms with van der Waals surface area (Å²) in [5.41, 5.74) is 0. The first kappa shape index (κ1) is 12.1. The van der Waals surface area contributed by atoms with Gasteiger partial charge in [-0.25, -0.2) is 4.79 Å². The monoisotopic (exact) mass is 290 g/mol. The number of pyridine rings is 1. The van der Waals surface area contributed by atoms with Crippen LogP contribution in [0.3, 0.4) is 0 Å². The Balaban J connectivity index is 2.25. The summed E-state index contributed by atoms with van der Waals surface area (Å²) in [5.74, 6) is -0.786. The van der Waals surface area contributed by atoms with Crippen LogP contribution in [0.2, 0.25) is 10.2 Å². The highest BCUT2D eigenvalue weighted by Gasteiger charge is 2.17. The van der Waals surface area contributed by atoms with E-state index in [1.807, 2.05) is 0 Å². The maximum absolute atomic E-state index is 10.7. The van der Waals surface area contributed by atoms with Crippen LogP contribution in [-0.4, -0.2) is 21.0 Å². The van der Waals surface area contributed by atoms with Gasteiger partial charge in [-0.05, 0) is 0 Å². The van der Waals surface area contributed by atoms with Crippen LogP contribution >= 0.6 is 34.5 Å². The number of thiazole rings is 1. The van der Waals surface area contributed by atoms with Crippen molar-refractivity contribution in [3.63, 3.8) is 0 Å². The van der Waals surface area contributed by atoms with Crippen molar-refractivity contribution in [1.29, 1.82) is 0 Å². The van der Waals surface area contributed by atoms with Crippen LogP contribution in [0, 0.1) is 0 Å². The zero-order valence-electron chi connectivity index (χ0n) is 8.05. The van der Waals surface area contributed by atoms with Crippen LogP contribution in [0.1, 0.15) is 9.67 Å². The molecule has 0 spiro atoms. The predicted molar refractivity (Wildman–Crippen MR) is 63.4 cm³/mol. The zero-order chi connectivity index (χ0) is 12.4. The Hall–Kier alpha value is -1.37. The van der Waals surface area contributed by atoms with E-state index in [2.05, 4.69) is 9.97 Å². The van der Waals surface area contributed by atoms with Gasteiger partial charge in [-0.2, -0.15) is 4.98 Å². The number of hydrogen-bond donors (Lipinski definition) is 1. The summed E-state index contributed by atoms with van der Waals surface area (Å²) in [4.78, 5) is 18.2. The average molecular weight is 291 g/mol. The third-order valence-electron chi connectivity index (χ3n) is 1.65. The minimum Gasteiger partial charge on any atom is -0.477 e. The summed E-state index contributed by atoms with van der Waals surface area (Å²) in [5, 5.41) is 9.21. The molecule has 0 aliphatic rings. The Bertz CT molecular complexity index is 573. The molecule has 8 heteroatoms. The van der Waals surface area contributed by atoms with Crippen molar-refractivity contribution in [3.8, 4) is 10.9 Å². The number of ether oxygens (including phenoxy) is 1. The van der Waals surface area contributed by atoms with E-state index in [1.54, 1.807) is 0 Å². The number of carboxylic acid groups (broad SMARTS) is 1. The third-order valence-corrected chi connectivity index (χ3v) is 3.16. The van der Waals surface area contributed by atoms with E-state index in [9.17, 15) is 4.79 Å². The lowest BCUT2D eigenvalue weighted by molar-refractivity contribution is 0.0702. The molecule has 0 saturated carbocycles. The van der Waals surface area contributed by atoms with Crippen LogP contribution in [0.5, 0.6) is 10.9 Å². The molecule has 17 heavy (non-hydrogen) atoms. The lowest BCUT2D eigenvalue weighted by Gasteiger charge is -1.99. The Morgan fingerprint density at radius 1 is 1.41 bits per heavy atom. The Morgan fingerprint density at radius 3 is 2.76 bits per heavy atom. The van der Waals surface area contributed by atoms with Gasteiger partial charge in [0, 0.05) is 12.3 Å². The van der Waals surface area contributed by atoms with E-state index in [-0.39, 0.29) is 15.2 Å². The minimum absolute atomic E-state index is 0.0725. The van der Waals surface area contributed by atoms with Gasteiger partial charge in [-0.1, -0.05) is 34.5 Å². The van der Waals surface area contributed by atoms with Gasteiger partial charge in [0.25, 0.3) is 5.19 Å². The molecule has 0 saturated heterocycles. The molecule has 0 fully saturated rings. The first-order valence-corrected chi connectivity index (χ1v) is 5.81. The lowest BCUT2D eigenvalue weighted by Crippen LogP contribution is -1.91. The summed E-state index contributed by atoms with van der Waals surface area (Å²) in [6.07, 6.45) is 2.88. The first-order valence-electron chi connectivity index (χ1n) is 4.24. The Kier molecular flexibility index (Phi) is 3.46. The molecule has 0 aliphatic carbocycles. The molecule has 0 aliphatic heterocycles. The maximum Gasteiger partial charge on any atom is 0.349 e. The van der Waals surface area contributed by atoms with Gasteiger partial charge in [0.15, 0.2) is 10.0 Å².